The summed E-state index contributed by atoms with van der Waals surface area (Å²) in [6.07, 6.45) is 8.52. The van der Waals surface area contributed by atoms with E-state index in [1.807, 2.05) is 5.70 Å². The quantitative estimate of drug-likeness (QED) is 0.434. The number of rotatable bonds is 6. The van der Waals surface area contributed by atoms with Gasteiger partial charge in [-0.2, -0.15) is 0 Å². The molecule has 4 rings (SSSR count). The average Bonchev–Trinajstić information content (AvgIpc) is 3.03. The van der Waals surface area contributed by atoms with Gasteiger partial charge >= 0.3 is 0 Å². The topological polar surface area (TPSA) is 18.5 Å². The van der Waals surface area contributed by atoms with E-state index < -0.39 is 16.6 Å². The Morgan fingerprint density at radius 2 is 1.73 bits per heavy atom. The predicted octanol–water partition coefficient (Wildman–Crippen LogP) is 7.29. The molecule has 0 saturated heterocycles. The Bertz CT molecular complexity index is 885. The van der Waals surface area contributed by atoms with Crippen molar-refractivity contribution in [3.63, 3.8) is 0 Å². The average molecular weight is 439 g/mol. The van der Waals surface area contributed by atoms with Crippen LogP contribution in [0.3, 0.4) is 0 Å². The number of fused-ring (bicyclic) bond motifs is 5. The Morgan fingerprint density at radius 1 is 1.03 bits per heavy atom. The van der Waals surface area contributed by atoms with Crippen LogP contribution < -0.4 is 4.43 Å². The first-order valence-electron chi connectivity index (χ1n) is 11.6. The summed E-state index contributed by atoms with van der Waals surface area (Å²) < 4.78 is 12.9. The molecular weight excluding hydrogens is 400 g/mol. The molecule has 1 saturated carbocycles. The molecule has 4 atom stereocenters. The van der Waals surface area contributed by atoms with Gasteiger partial charge in [0, 0.05) is 5.41 Å². The molecule has 4 heteroatoms. The molecule has 3 aliphatic carbocycles. The molecule has 3 aliphatic rings. The van der Waals surface area contributed by atoms with Crippen LogP contribution in [-0.4, -0.2) is 16.6 Å². The summed E-state index contributed by atoms with van der Waals surface area (Å²) in [5, 5.41) is 0. The molecule has 0 unspecified atom stereocenters. The first kappa shape index (κ1) is 21.7. The SMILES string of the molecule is C=C[Si](C)(C)OC1=CC[C@H]2[C@@H]3CCc4cc(O[Si](C)(C)C=C)ccc4[C@H]3CC[C@]12C. The zero-order valence-corrected chi connectivity index (χ0v) is 21.5. The molecule has 0 bridgehead atoms. The highest BCUT2D eigenvalue weighted by Crippen LogP contribution is 2.61. The Morgan fingerprint density at radius 3 is 2.43 bits per heavy atom. The molecule has 162 valence electrons. The number of aryl methyl sites for hydroxylation is 1. The lowest BCUT2D eigenvalue weighted by Gasteiger charge is -2.50. The summed E-state index contributed by atoms with van der Waals surface area (Å²) in [4.78, 5) is 0. The van der Waals surface area contributed by atoms with E-state index in [1.54, 1.807) is 5.56 Å². The van der Waals surface area contributed by atoms with E-state index in [0.29, 0.717) is 11.8 Å². The van der Waals surface area contributed by atoms with Gasteiger partial charge in [0.1, 0.15) is 5.75 Å². The van der Waals surface area contributed by atoms with Gasteiger partial charge in [0.2, 0.25) is 0 Å². The predicted molar refractivity (Wildman–Crippen MR) is 132 cm³/mol. The van der Waals surface area contributed by atoms with Gasteiger partial charge in [0.15, 0.2) is 0 Å². The standard InChI is InChI=1S/C26H38O2Si2/c1-8-29(4,5)27-20-11-13-21-19(18-20)10-12-23-22(21)16-17-26(3)24(23)14-15-25(26)28-30(6,7)9-2/h8-9,11,13,15,18,22-24H,1-2,10,12,14,16-17H2,3-7H3/t22-,23-,24+,26+/m1/s1. The third-order valence-electron chi connectivity index (χ3n) is 7.94. The lowest BCUT2D eigenvalue weighted by molar-refractivity contribution is 0.0508. The Labute approximate surface area is 185 Å². The minimum Gasteiger partial charge on any atom is -0.543 e. The first-order chi connectivity index (χ1) is 14.1. The summed E-state index contributed by atoms with van der Waals surface area (Å²) in [5.41, 5.74) is 7.36. The van der Waals surface area contributed by atoms with Crippen LogP contribution in [0, 0.1) is 17.3 Å². The minimum atomic E-state index is -1.82. The van der Waals surface area contributed by atoms with Crippen LogP contribution in [0.4, 0.5) is 0 Å². The van der Waals surface area contributed by atoms with E-state index >= 15 is 0 Å². The molecule has 0 aromatic heterocycles. The second kappa shape index (κ2) is 7.56. The van der Waals surface area contributed by atoms with Crippen LogP contribution in [0.1, 0.15) is 49.7 Å². The summed E-state index contributed by atoms with van der Waals surface area (Å²) in [5.74, 6) is 4.45. The van der Waals surface area contributed by atoms with Crippen molar-refractivity contribution in [3.05, 3.63) is 65.7 Å². The highest BCUT2D eigenvalue weighted by molar-refractivity contribution is 6.77. The molecule has 0 radical (unpaired) electrons. The maximum atomic E-state index is 6.60. The van der Waals surface area contributed by atoms with E-state index in [4.69, 9.17) is 8.85 Å². The Kier molecular flexibility index (Phi) is 5.47. The van der Waals surface area contributed by atoms with Gasteiger partial charge in [-0.05, 0) is 105 Å². The lowest BCUT2D eigenvalue weighted by atomic mass is 9.55. The summed E-state index contributed by atoms with van der Waals surface area (Å²) in [7, 11) is -3.64. The molecule has 0 aliphatic heterocycles. The highest BCUT2D eigenvalue weighted by atomic mass is 28.4. The highest BCUT2D eigenvalue weighted by Gasteiger charge is 2.53. The van der Waals surface area contributed by atoms with Crippen molar-refractivity contribution in [3.8, 4) is 5.75 Å². The van der Waals surface area contributed by atoms with Crippen LogP contribution in [-0.2, 0) is 10.8 Å². The van der Waals surface area contributed by atoms with Crippen molar-refractivity contribution in [1.82, 2.24) is 0 Å². The van der Waals surface area contributed by atoms with Gasteiger partial charge in [0.25, 0.3) is 16.6 Å². The van der Waals surface area contributed by atoms with Gasteiger partial charge in [-0.1, -0.05) is 24.4 Å². The fraction of sp³-hybridized carbons (Fsp3) is 0.538. The Balaban J connectivity index is 1.55. The van der Waals surface area contributed by atoms with Gasteiger partial charge in [-0.25, -0.2) is 0 Å². The van der Waals surface area contributed by atoms with E-state index in [2.05, 4.69) is 76.2 Å². The number of hydrogen-bond donors (Lipinski definition) is 0. The lowest BCUT2D eigenvalue weighted by Crippen LogP contribution is -2.43. The Hall–Kier alpha value is -1.53. The smallest absolute Gasteiger partial charge is 0.269 e. The monoisotopic (exact) mass is 438 g/mol. The minimum absolute atomic E-state index is 0.203. The number of hydrogen-bond acceptors (Lipinski definition) is 2. The van der Waals surface area contributed by atoms with Crippen LogP contribution in [0.15, 0.2) is 54.6 Å². The van der Waals surface area contributed by atoms with Gasteiger partial charge in [0.05, 0.1) is 5.76 Å². The largest absolute Gasteiger partial charge is 0.543 e. The fourth-order valence-corrected chi connectivity index (χ4v) is 7.76. The van der Waals surface area contributed by atoms with E-state index in [1.165, 1.54) is 43.4 Å². The second-order valence-electron chi connectivity index (χ2n) is 10.9. The molecular formula is C26H38O2Si2. The molecule has 1 aromatic carbocycles. The van der Waals surface area contributed by atoms with Crippen molar-refractivity contribution in [2.75, 3.05) is 0 Å². The summed E-state index contributed by atoms with van der Waals surface area (Å²) >= 11 is 0. The van der Waals surface area contributed by atoms with Crippen LogP contribution in [0.2, 0.25) is 26.2 Å². The van der Waals surface area contributed by atoms with Crippen molar-refractivity contribution in [2.24, 2.45) is 17.3 Å². The zero-order valence-electron chi connectivity index (χ0n) is 19.5. The summed E-state index contributed by atoms with van der Waals surface area (Å²) in [6, 6.07) is 6.88. The molecule has 2 nitrogen and oxygen atoms in total. The van der Waals surface area contributed by atoms with Gasteiger partial charge in [-0.15, -0.1) is 13.2 Å². The van der Waals surface area contributed by atoms with Crippen molar-refractivity contribution in [1.29, 1.82) is 0 Å². The molecule has 0 N–H and O–H groups in total. The molecule has 0 amide bonds. The normalized spacial score (nSPS) is 30.4. The summed E-state index contributed by atoms with van der Waals surface area (Å²) in [6.45, 7) is 19.3. The maximum Gasteiger partial charge on any atom is 0.269 e. The first-order valence-corrected chi connectivity index (χ1v) is 17.5. The van der Waals surface area contributed by atoms with E-state index in [0.717, 1.165) is 11.7 Å². The van der Waals surface area contributed by atoms with Crippen LogP contribution >= 0.6 is 0 Å². The van der Waals surface area contributed by atoms with Crippen molar-refractivity contribution < 1.29 is 8.85 Å². The number of allylic oxidation sites excluding steroid dienone is 2. The number of benzene rings is 1. The molecule has 0 heterocycles. The molecule has 1 aromatic rings. The van der Waals surface area contributed by atoms with E-state index in [9.17, 15) is 0 Å². The van der Waals surface area contributed by atoms with Crippen LogP contribution in [0.5, 0.6) is 5.75 Å². The third kappa shape index (κ3) is 3.77. The van der Waals surface area contributed by atoms with Crippen molar-refractivity contribution in [2.45, 2.75) is 71.1 Å². The third-order valence-corrected chi connectivity index (χ3v) is 11.4. The second-order valence-corrected chi connectivity index (χ2v) is 18.5. The van der Waals surface area contributed by atoms with Gasteiger partial charge < -0.3 is 8.85 Å². The zero-order chi connectivity index (χ0) is 21.7. The van der Waals surface area contributed by atoms with Crippen molar-refractivity contribution >= 4 is 16.6 Å². The molecule has 1 fully saturated rings. The molecule has 0 spiro atoms. The van der Waals surface area contributed by atoms with Gasteiger partial charge in [-0.3, -0.25) is 0 Å². The molecule has 30 heavy (non-hydrogen) atoms. The maximum absolute atomic E-state index is 6.60. The van der Waals surface area contributed by atoms with Crippen LogP contribution in [0.25, 0.3) is 0 Å². The fourth-order valence-electron chi connectivity index (χ4n) is 5.98. The van der Waals surface area contributed by atoms with E-state index in [-0.39, 0.29) is 5.41 Å².